The Morgan fingerprint density at radius 2 is 1.53 bits per heavy atom. The second-order valence-electron chi connectivity index (χ2n) is 9.58. The Morgan fingerprint density at radius 3 is 2.16 bits per heavy atom. The lowest BCUT2D eigenvalue weighted by molar-refractivity contribution is 0.0842. The summed E-state index contributed by atoms with van der Waals surface area (Å²) < 4.78 is 16.6. The molecule has 0 aliphatic carbocycles. The van der Waals surface area contributed by atoms with E-state index < -0.39 is 5.91 Å². The number of carbonyl (C=O) groups is 2. The van der Waals surface area contributed by atoms with Gasteiger partial charge in [0.15, 0.2) is 17.3 Å². The van der Waals surface area contributed by atoms with Gasteiger partial charge in [0, 0.05) is 43.1 Å². The number of nitrogens with one attached hydrogen (secondary N) is 1. The molecular weight excluding hydrogens is 480 g/mol. The van der Waals surface area contributed by atoms with E-state index in [2.05, 4.69) is 37.9 Å². The standard InChI is InChI=1S/C31H38N2O5/c1-21(2)33(22(3)4)16-17-38-30-19-25(13-15-29(30)37-6)32-31(35)26-14-12-24(23-10-8-7-9-11-23)18-27(26)28(34)20-36-5/h7-15,18-19,21-22H,16-17,20H2,1-6H3,(H,32,35). The maximum Gasteiger partial charge on any atom is 0.256 e. The normalized spacial score (nSPS) is 11.2. The first-order valence-corrected chi connectivity index (χ1v) is 12.8. The maximum atomic E-state index is 13.3. The molecule has 0 atom stereocenters. The third-order valence-corrected chi connectivity index (χ3v) is 6.30. The number of nitrogens with zero attached hydrogens (tertiary/aromatic N) is 1. The summed E-state index contributed by atoms with van der Waals surface area (Å²) in [5.41, 5.74) is 2.91. The molecule has 0 unspecified atom stereocenters. The highest BCUT2D eigenvalue weighted by atomic mass is 16.5. The SMILES string of the molecule is COCC(=O)c1cc(-c2ccccc2)ccc1C(=O)Nc1ccc(OC)c(OCCN(C(C)C)C(C)C)c1. The van der Waals surface area contributed by atoms with E-state index in [0.29, 0.717) is 41.4 Å². The van der Waals surface area contributed by atoms with Crippen LogP contribution in [0.1, 0.15) is 48.4 Å². The molecule has 1 N–H and O–H groups in total. The lowest BCUT2D eigenvalue weighted by atomic mass is 9.96. The van der Waals surface area contributed by atoms with Gasteiger partial charge in [0.05, 0.1) is 12.7 Å². The molecule has 0 aliphatic rings. The van der Waals surface area contributed by atoms with Crippen LogP contribution in [0.4, 0.5) is 5.69 Å². The van der Waals surface area contributed by atoms with Crippen LogP contribution < -0.4 is 14.8 Å². The van der Waals surface area contributed by atoms with Gasteiger partial charge in [-0.25, -0.2) is 0 Å². The molecule has 0 heterocycles. The second-order valence-corrected chi connectivity index (χ2v) is 9.58. The first-order chi connectivity index (χ1) is 18.2. The van der Waals surface area contributed by atoms with Gasteiger partial charge in [0.2, 0.25) is 0 Å². The summed E-state index contributed by atoms with van der Waals surface area (Å²) in [6.45, 7) is 9.75. The van der Waals surface area contributed by atoms with Crippen LogP contribution in [-0.4, -0.2) is 62.7 Å². The number of ketones is 1. The topological polar surface area (TPSA) is 77.1 Å². The number of anilines is 1. The summed E-state index contributed by atoms with van der Waals surface area (Å²) in [5, 5.41) is 2.90. The number of hydrogen-bond donors (Lipinski definition) is 1. The number of amides is 1. The van der Waals surface area contributed by atoms with Crippen molar-refractivity contribution < 1.29 is 23.8 Å². The van der Waals surface area contributed by atoms with Crippen molar-refractivity contribution >= 4 is 17.4 Å². The molecular formula is C31H38N2O5. The summed E-state index contributed by atoms with van der Waals surface area (Å²) >= 11 is 0. The molecule has 3 rings (SSSR count). The van der Waals surface area contributed by atoms with E-state index in [0.717, 1.165) is 17.7 Å². The van der Waals surface area contributed by atoms with Crippen molar-refractivity contribution in [3.05, 3.63) is 77.9 Å². The Bertz CT molecular complexity index is 1220. The molecule has 3 aromatic carbocycles. The first kappa shape index (κ1) is 28.9. The van der Waals surface area contributed by atoms with Crippen molar-refractivity contribution in [1.82, 2.24) is 4.90 Å². The van der Waals surface area contributed by atoms with Gasteiger partial charge in [-0.05, 0) is 63.1 Å². The van der Waals surface area contributed by atoms with Crippen LogP contribution in [0.15, 0.2) is 66.7 Å². The van der Waals surface area contributed by atoms with Crippen LogP contribution >= 0.6 is 0 Å². The number of hydrogen-bond acceptors (Lipinski definition) is 6. The average Bonchev–Trinajstić information content (AvgIpc) is 2.91. The monoisotopic (exact) mass is 518 g/mol. The number of carbonyl (C=O) groups excluding carboxylic acids is 2. The highest BCUT2D eigenvalue weighted by Gasteiger charge is 2.19. The molecule has 3 aromatic rings. The summed E-state index contributed by atoms with van der Waals surface area (Å²) in [6.07, 6.45) is 0. The molecule has 7 nitrogen and oxygen atoms in total. The number of rotatable bonds is 13. The summed E-state index contributed by atoms with van der Waals surface area (Å²) in [6, 6.07) is 21.0. The third-order valence-electron chi connectivity index (χ3n) is 6.30. The Hall–Kier alpha value is -3.68. The van der Waals surface area contributed by atoms with Crippen molar-refractivity contribution in [3.8, 4) is 22.6 Å². The zero-order valence-corrected chi connectivity index (χ0v) is 23.1. The maximum absolute atomic E-state index is 13.3. The molecule has 202 valence electrons. The molecule has 7 heteroatoms. The summed E-state index contributed by atoms with van der Waals surface area (Å²) in [7, 11) is 3.04. The molecule has 1 amide bonds. The molecule has 0 bridgehead atoms. The molecule has 0 radical (unpaired) electrons. The van der Waals surface area contributed by atoms with Crippen LogP contribution in [-0.2, 0) is 4.74 Å². The number of Topliss-reactive ketones (excluding diaryl/α,β-unsaturated/α-hetero) is 1. The van der Waals surface area contributed by atoms with Crippen molar-refractivity contribution in [2.75, 3.05) is 39.3 Å². The first-order valence-electron chi connectivity index (χ1n) is 12.8. The average molecular weight is 519 g/mol. The molecule has 0 aliphatic heterocycles. The van der Waals surface area contributed by atoms with Crippen LogP contribution in [0.5, 0.6) is 11.5 Å². The van der Waals surface area contributed by atoms with Gasteiger partial charge in [0.25, 0.3) is 5.91 Å². The van der Waals surface area contributed by atoms with Crippen molar-refractivity contribution in [1.29, 1.82) is 0 Å². The zero-order chi connectivity index (χ0) is 27.7. The fourth-order valence-electron chi connectivity index (χ4n) is 4.43. The minimum Gasteiger partial charge on any atom is -0.493 e. The molecule has 0 saturated carbocycles. The predicted molar refractivity (Wildman–Crippen MR) is 152 cm³/mol. The van der Waals surface area contributed by atoms with E-state index in [4.69, 9.17) is 14.2 Å². The highest BCUT2D eigenvalue weighted by molar-refractivity contribution is 6.13. The molecule has 0 saturated heterocycles. The van der Waals surface area contributed by atoms with E-state index in [1.807, 2.05) is 36.4 Å². The largest absolute Gasteiger partial charge is 0.493 e. The second kappa shape index (κ2) is 13.7. The van der Waals surface area contributed by atoms with Gasteiger partial charge < -0.3 is 19.5 Å². The van der Waals surface area contributed by atoms with Crippen LogP contribution in [0, 0.1) is 0 Å². The Morgan fingerprint density at radius 1 is 0.816 bits per heavy atom. The van der Waals surface area contributed by atoms with Gasteiger partial charge in [-0.15, -0.1) is 0 Å². The molecule has 0 spiro atoms. The zero-order valence-electron chi connectivity index (χ0n) is 23.1. The van der Waals surface area contributed by atoms with E-state index in [1.54, 1.807) is 37.4 Å². The Balaban J connectivity index is 1.83. The predicted octanol–water partition coefficient (Wildman–Crippen LogP) is 5.94. The molecule has 38 heavy (non-hydrogen) atoms. The molecule has 0 fully saturated rings. The van der Waals surface area contributed by atoms with Crippen molar-refractivity contribution in [2.24, 2.45) is 0 Å². The third kappa shape index (κ3) is 7.43. The Kier molecular flexibility index (Phi) is 10.4. The van der Waals surface area contributed by atoms with Crippen LogP contribution in [0.25, 0.3) is 11.1 Å². The lowest BCUT2D eigenvalue weighted by Crippen LogP contribution is -2.39. The van der Waals surface area contributed by atoms with E-state index in [9.17, 15) is 9.59 Å². The fraction of sp³-hybridized carbons (Fsp3) is 0.355. The van der Waals surface area contributed by atoms with Gasteiger partial charge >= 0.3 is 0 Å². The quantitative estimate of drug-likeness (QED) is 0.282. The molecule has 0 aromatic heterocycles. The fourth-order valence-corrected chi connectivity index (χ4v) is 4.43. The highest BCUT2D eigenvalue weighted by Crippen LogP contribution is 2.31. The lowest BCUT2D eigenvalue weighted by Gasteiger charge is -2.30. The summed E-state index contributed by atoms with van der Waals surface area (Å²) in [4.78, 5) is 28.5. The van der Waals surface area contributed by atoms with Crippen LogP contribution in [0.2, 0.25) is 0 Å². The smallest absolute Gasteiger partial charge is 0.256 e. The number of benzene rings is 3. The van der Waals surface area contributed by atoms with Gasteiger partial charge in [-0.3, -0.25) is 14.5 Å². The van der Waals surface area contributed by atoms with Gasteiger partial charge in [0.1, 0.15) is 13.2 Å². The minimum atomic E-state index is -0.397. The van der Waals surface area contributed by atoms with E-state index in [1.165, 1.54) is 7.11 Å². The van der Waals surface area contributed by atoms with Gasteiger partial charge in [-0.1, -0.05) is 36.4 Å². The van der Waals surface area contributed by atoms with Crippen molar-refractivity contribution in [2.45, 2.75) is 39.8 Å². The number of methoxy groups -OCH3 is 2. The minimum absolute atomic E-state index is 0.122. The van der Waals surface area contributed by atoms with E-state index >= 15 is 0 Å². The Labute approximate surface area is 225 Å². The van der Waals surface area contributed by atoms with E-state index in [-0.39, 0.29) is 18.0 Å². The van der Waals surface area contributed by atoms with Gasteiger partial charge in [-0.2, -0.15) is 0 Å². The van der Waals surface area contributed by atoms with Crippen LogP contribution in [0.3, 0.4) is 0 Å². The number of ether oxygens (including phenoxy) is 3. The van der Waals surface area contributed by atoms with Crippen molar-refractivity contribution in [3.63, 3.8) is 0 Å². The summed E-state index contributed by atoms with van der Waals surface area (Å²) in [5.74, 6) is 0.444.